The maximum atomic E-state index is 12.3. The van der Waals surface area contributed by atoms with Gasteiger partial charge in [0.05, 0.1) is 0 Å². The van der Waals surface area contributed by atoms with Gasteiger partial charge in [-0.05, 0) is 49.5 Å². The van der Waals surface area contributed by atoms with Gasteiger partial charge in [-0.15, -0.1) is 0 Å². The average molecular weight is 358 g/mol. The molecule has 1 aliphatic heterocycles. The number of amides is 2. The minimum Gasteiger partial charge on any atom is -0.384 e. The molecule has 3 rings (SSSR count). The fourth-order valence-electron chi connectivity index (χ4n) is 4.50. The summed E-state index contributed by atoms with van der Waals surface area (Å²) in [6.07, 6.45) is 5.76. The predicted octanol–water partition coefficient (Wildman–Crippen LogP) is 2.45. The van der Waals surface area contributed by atoms with Crippen LogP contribution in [0.15, 0.2) is 30.3 Å². The van der Waals surface area contributed by atoms with Crippen LogP contribution in [0.4, 0.5) is 0 Å². The molecule has 0 bridgehead atoms. The Morgan fingerprint density at radius 3 is 2.85 bits per heavy atom. The SMILES string of the molecule is COCC1CC(=O)NC2CC(NC(=O)CCCc3ccccc3)CCC12. The van der Waals surface area contributed by atoms with Gasteiger partial charge in [0.25, 0.3) is 0 Å². The Labute approximate surface area is 155 Å². The van der Waals surface area contributed by atoms with Crippen molar-refractivity contribution < 1.29 is 14.3 Å². The van der Waals surface area contributed by atoms with Crippen LogP contribution in [0, 0.1) is 11.8 Å². The van der Waals surface area contributed by atoms with Gasteiger partial charge in [0, 0.05) is 38.6 Å². The molecule has 5 nitrogen and oxygen atoms in total. The molecule has 4 unspecified atom stereocenters. The Morgan fingerprint density at radius 1 is 1.27 bits per heavy atom. The van der Waals surface area contributed by atoms with E-state index >= 15 is 0 Å². The number of ether oxygens (including phenoxy) is 1. The fraction of sp³-hybridized carbons (Fsp3) is 0.619. The van der Waals surface area contributed by atoms with Crippen LogP contribution < -0.4 is 10.6 Å². The first kappa shape index (κ1) is 18.9. The van der Waals surface area contributed by atoms with E-state index in [1.54, 1.807) is 7.11 Å². The minimum atomic E-state index is 0.114. The average Bonchev–Trinajstić information content (AvgIpc) is 2.62. The largest absolute Gasteiger partial charge is 0.384 e. The monoisotopic (exact) mass is 358 g/mol. The Morgan fingerprint density at radius 2 is 2.08 bits per heavy atom. The molecule has 1 aliphatic carbocycles. The highest BCUT2D eigenvalue weighted by molar-refractivity contribution is 5.78. The van der Waals surface area contributed by atoms with Crippen LogP contribution in [0.25, 0.3) is 0 Å². The van der Waals surface area contributed by atoms with Crippen LogP contribution in [-0.4, -0.2) is 37.6 Å². The number of methoxy groups -OCH3 is 1. The Hall–Kier alpha value is -1.88. The molecule has 1 aromatic rings. The van der Waals surface area contributed by atoms with Gasteiger partial charge in [-0.2, -0.15) is 0 Å². The molecule has 142 valence electrons. The number of fused-ring (bicyclic) bond motifs is 1. The van der Waals surface area contributed by atoms with Crippen molar-refractivity contribution in [1.82, 2.24) is 10.6 Å². The van der Waals surface area contributed by atoms with Crippen LogP contribution >= 0.6 is 0 Å². The van der Waals surface area contributed by atoms with Gasteiger partial charge in [0.2, 0.25) is 11.8 Å². The van der Waals surface area contributed by atoms with Gasteiger partial charge in [-0.1, -0.05) is 30.3 Å². The lowest BCUT2D eigenvalue weighted by molar-refractivity contribution is -0.128. The maximum absolute atomic E-state index is 12.3. The van der Waals surface area contributed by atoms with E-state index in [4.69, 9.17) is 4.74 Å². The molecule has 2 N–H and O–H groups in total. The van der Waals surface area contributed by atoms with Gasteiger partial charge in [0.1, 0.15) is 0 Å². The standard InChI is InChI=1S/C21H30N2O3/c1-26-14-16-12-21(25)23-19-13-17(10-11-18(16)19)22-20(24)9-5-8-15-6-3-2-4-7-15/h2-4,6-7,16-19H,5,8-14H2,1H3,(H,22,24)(H,23,25). The normalized spacial score (nSPS) is 28.1. The number of hydrogen-bond acceptors (Lipinski definition) is 3. The second-order valence-electron chi connectivity index (χ2n) is 7.67. The summed E-state index contributed by atoms with van der Waals surface area (Å²) >= 11 is 0. The van der Waals surface area contributed by atoms with Crippen LogP contribution in [0.3, 0.4) is 0 Å². The topological polar surface area (TPSA) is 67.4 Å². The van der Waals surface area contributed by atoms with Gasteiger partial charge >= 0.3 is 0 Å². The highest BCUT2D eigenvalue weighted by Crippen LogP contribution is 2.35. The molecule has 2 aliphatic rings. The highest BCUT2D eigenvalue weighted by Gasteiger charge is 2.40. The van der Waals surface area contributed by atoms with Gasteiger partial charge in [0.15, 0.2) is 0 Å². The van der Waals surface area contributed by atoms with E-state index < -0.39 is 0 Å². The third-order valence-corrected chi connectivity index (χ3v) is 5.76. The van der Waals surface area contributed by atoms with E-state index in [-0.39, 0.29) is 23.9 Å². The van der Waals surface area contributed by atoms with E-state index in [9.17, 15) is 9.59 Å². The quantitative estimate of drug-likeness (QED) is 0.787. The summed E-state index contributed by atoms with van der Waals surface area (Å²) in [5, 5.41) is 6.31. The highest BCUT2D eigenvalue weighted by atomic mass is 16.5. The van der Waals surface area contributed by atoms with Crippen LogP contribution in [0.2, 0.25) is 0 Å². The van der Waals surface area contributed by atoms with Crippen molar-refractivity contribution in [3.8, 4) is 0 Å². The summed E-state index contributed by atoms with van der Waals surface area (Å²) in [6.45, 7) is 0.644. The van der Waals surface area contributed by atoms with Crippen LogP contribution in [0.1, 0.15) is 44.1 Å². The smallest absolute Gasteiger partial charge is 0.220 e. The van der Waals surface area contributed by atoms with E-state index in [1.165, 1.54) is 5.56 Å². The van der Waals surface area contributed by atoms with E-state index in [2.05, 4.69) is 22.8 Å². The number of piperidine rings is 1. The molecule has 1 saturated carbocycles. The maximum Gasteiger partial charge on any atom is 0.220 e. The fourth-order valence-corrected chi connectivity index (χ4v) is 4.50. The Kier molecular flexibility index (Phi) is 6.67. The molecule has 1 saturated heterocycles. The summed E-state index contributed by atoms with van der Waals surface area (Å²) in [7, 11) is 1.70. The molecule has 2 fully saturated rings. The first-order valence-electron chi connectivity index (χ1n) is 9.77. The Balaban J connectivity index is 1.43. The summed E-state index contributed by atoms with van der Waals surface area (Å²) in [5.74, 6) is 1.02. The summed E-state index contributed by atoms with van der Waals surface area (Å²) < 4.78 is 5.30. The number of benzene rings is 1. The third kappa shape index (κ3) is 5.07. The molecular formula is C21H30N2O3. The van der Waals surface area contributed by atoms with Crippen molar-refractivity contribution >= 4 is 11.8 Å². The van der Waals surface area contributed by atoms with Gasteiger partial charge in [-0.3, -0.25) is 9.59 Å². The van der Waals surface area contributed by atoms with Crippen molar-refractivity contribution in [2.24, 2.45) is 11.8 Å². The molecule has 1 heterocycles. The Bertz CT molecular complexity index is 605. The summed E-state index contributed by atoms with van der Waals surface area (Å²) in [6, 6.07) is 10.6. The lowest BCUT2D eigenvalue weighted by Crippen LogP contribution is -2.56. The van der Waals surface area contributed by atoms with Crippen molar-refractivity contribution in [3.05, 3.63) is 35.9 Å². The predicted molar refractivity (Wildman–Crippen MR) is 101 cm³/mol. The molecule has 1 aromatic carbocycles. The molecule has 2 amide bonds. The van der Waals surface area contributed by atoms with Crippen LogP contribution in [0.5, 0.6) is 0 Å². The van der Waals surface area contributed by atoms with E-state index in [1.807, 2.05) is 18.2 Å². The van der Waals surface area contributed by atoms with Crippen LogP contribution in [-0.2, 0) is 20.7 Å². The van der Waals surface area contributed by atoms with E-state index in [0.29, 0.717) is 31.3 Å². The number of rotatable bonds is 7. The zero-order valence-corrected chi connectivity index (χ0v) is 15.6. The first-order valence-corrected chi connectivity index (χ1v) is 9.77. The second-order valence-corrected chi connectivity index (χ2v) is 7.67. The minimum absolute atomic E-state index is 0.114. The zero-order valence-electron chi connectivity index (χ0n) is 15.6. The lowest BCUT2D eigenvalue weighted by atomic mass is 9.71. The third-order valence-electron chi connectivity index (χ3n) is 5.76. The van der Waals surface area contributed by atoms with Crippen molar-refractivity contribution in [2.45, 2.75) is 57.0 Å². The van der Waals surface area contributed by atoms with E-state index in [0.717, 1.165) is 32.1 Å². The number of nitrogens with one attached hydrogen (secondary N) is 2. The molecule has 26 heavy (non-hydrogen) atoms. The zero-order chi connectivity index (χ0) is 18.4. The van der Waals surface area contributed by atoms with Gasteiger partial charge < -0.3 is 15.4 Å². The summed E-state index contributed by atoms with van der Waals surface area (Å²) in [5.41, 5.74) is 1.27. The van der Waals surface area contributed by atoms with Crippen molar-refractivity contribution in [2.75, 3.05) is 13.7 Å². The molecule has 0 aromatic heterocycles. The second kappa shape index (κ2) is 9.17. The van der Waals surface area contributed by atoms with Gasteiger partial charge in [-0.25, -0.2) is 0 Å². The number of carbonyl (C=O) groups is 2. The summed E-state index contributed by atoms with van der Waals surface area (Å²) in [4.78, 5) is 24.2. The van der Waals surface area contributed by atoms with Crippen molar-refractivity contribution in [3.63, 3.8) is 0 Å². The molecule has 4 atom stereocenters. The number of aryl methyl sites for hydroxylation is 1. The number of carbonyl (C=O) groups excluding carboxylic acids is 2. The molecule has 0 spiro atoms. The molecule has 0 radical (unpaired) electrons. The lowest BCUT2D eigenvalue weighted by Gasteiger charge is -2.43. The first-order chi connectivity index (χ1) is 12.7. The number of hydrogen-bond donors (Lipinski definition) is 2. The van der Waals surface area contributed by atoms with Crippen molar-refractivity contribution in [1.29, 1.82) is 0 Å². The molecular weight excluding hydrogens is 328 g/mol. The molecule has 5 heteroatoms.